The van der Waals surface area contributed by atoms with Gasteiger partial charge < -0.3 is 5.11 Å². The maximum Gasteiger partial charge on any atom is 0.214 e. The Kier molecular flexibility index (Phi) is 2.81. The molecular weight excluding hydrogens is 202 g/mol. The zero-order valence-electron chi connectivity index (χ0n) is 8.22. The van der Waals surface area contributed by atoms with Crippen molar-refractivity contribution in [3.8, 4) is 0 Å². The summed E-state index contributed by atoms with van der Waals surface area (Å²) in [5.74, 6) is 0.684. The molecule has 4 nitrogen and oxygen atoms in total. The summed E-state index contributed by atoms with van der Waals surface area (Å²) in [7, 11) is -3.08. The van der Waals surface area contributed by atoms with Gasteiger partial charge >= 0.3 is 0 Å². The Morgan fingerprint density at radius 1 is 1.29 bits per heavy atom. The number of sulfonamides is 1. The molecule has 0 unspecified atom stereocenters. The van der Waals surface area contributed by atoms with Crippen LogP contribution in [0, 0.1) is 5.92 Å². The lowest BCUT2D eigenvalue weighted by Crippen LogP contribution is -2.39. The highest BCUT2D eigenvalue weighted by molar-refractivity contribution is 7.89. The third-order valence-electron chi connectivity index (χ3n) is 3.03. The largest absolute Gasteiger partial charge is 0.395 e. The van der Waals surface area contributed by atoms with Crippen LogP contribution in [0.1, 0.15) is 25.7 Å². The van der Waals surface area contributed by atoms with Crippen molar-refractivity contribution in [2.24, 2.45) is 5.92 Å². The van der Waals surface area contributed by atoms with Crippen molar-refractivity contribution in [2.45, 2.75) is 31.7 Å². The Labute approximate surface area is 85.0 Å². The Balaban J connectivity index is 2.03. The molecule has 0 aromatic heterocycles. The molecule has 5 heteroatoms. The molecule has 2 fully saturated rings. The van der Waals surface area contributed by atoms with Crippen LogP contribution in [0.2, 0.25) is 0 Å². The number of rotatable bonds is 4. The molecule has 1 saturated carbocycles. The summed E-state index contributed by atoms with van der Waals surface area (Å²) in [6.45, 7) is 0.560. The lowest BCUT2D eigenvalue weighted by Gasteiger charge is -2.22. The van der Waals surface area contributed by atoms with Crippen molar-refractivity contribution in [2.75, 3.05) is 18.9 Å². The first-order valence-electron chi connectivity index (χ1n) is 5.24. The molecule has 82 valence electrons. The summed E-state index contributed by atoms with van der Waals surface area (Å²) in [5.41, 5.74) is 0. The highest BCUT2D eigenvalue weighted by atomic mass is 32.2. The van der Waals surface area contributed by atoms with Crippen molar-refractivity contribution < 1.29 is 13.5 Å². The van der Waals surface area contributed by atoms with Gasteiger partial charge in [-0.25, -0.2) is 8.42 Å². The van der Waals surface area contributed by atoms with Gasteiger partial charge in [-0.15, -0.1) is 0 Å². The van der Waals surface area contributed by atoms with E-state index in [-0.39, 0.29) is 12.6 Å². The van der Waals surface area contributed by atoms with Gasteiger partial charge in [0.1, 0.15) is 0 Å². The average Bonchev–Trinajstić information content (AvgIpc) is 2.80. The number of hydrogen-bond donors (Lipinski definition) is 1. The van der Waals surface area contributed by atoms with Crippen LogP contribution < -0.4 is 0 Å². The second-order valence-corrected chi connectivity index (χ2v) is 6.28. The van der Waals surface area contributed by atoms with Gasteiger partial charge in [-0.2, -0.15) is 4.31 Å². The van der Waals surface area contributed by atoms with Gasteiger partial charge in [-0.1, -0.05) is 0 Å². The van der Waals surface area contributed by atoms with Gasteiger partial charge in [0.15, 0.2) is 0 Å². The SMILES string of the molecule is O=S(=O)(CC1CC1)N1CCC[C@@H]1CO. The van der Waals surface area contributed by atoms with Crippen LogP contribution in [0.25, 0.3) is 0 Å². The van der Waals surface area contributed by atoms with E-state index in [1.807, 2.05) is 0 Å². The van der Waals surface area contributed by atoms with Crippen LogP contribution in [0.5, 0.6) is 0 Å². The maximum atomic E-state index is 11.9. The average molecular weight is 219 g/mol. The molecule has 0 spiro atoms. The molecule has 0 radical (unpaired) electrons. The maximum absolute atomic E-state index is 11.9. The van der Waals surface area contributed by atoms with Gasteiger partial charge in [0, 0.05) is 12.6 Å². The molecule has 1 N–H and O–H groups in total. The molecule has 1 aliphatic carbocycles. The van der Waals surface area contributed by atoms with Crippen LogP contribution in [0.4, 0.5) is 0 Å². The number of nitrogens with zero attached hydrogens (tertiary/aromatic N) is 1. The van der Waals surface area contributed by atoms with Gasteiger partial charge in [0.2, 0.25) is 10.0 Å². The van der Waals surface area contributed by atoms with Crippen LogP contribution in [0.3, 0.4) is 0 Å². The molecule has 2 rings (SSSR count). The summed E-state index contributed by atoms with van der Waals surface area (Å²) in [6, 6.07) is -0.154. The van der Waals surface area contributed by atoms with Crippen LogP contribution >= 0.6 is 0 Å². The quantitative estimate of drug-likeness (QED) is 0.734. The molecule has 1 aliphatic heterocycles. The number of aliphatic hydroxyl groups is 1. The zero-order chi connectivity index (χ0) is 10.2. The predicted molar refractivity (Wildman–Crippen MR) is 53.3 cm³/mol. The second-order valence-electron chi connectivity index (χ2n) is 4.31. The van der Waals surface area contributed by atoms with E-state index in [4.69, 9.17) is 5.11 Å². The molecule has 1 heterocycles. The Morgan fingerprint density at radius 3 is 2.57 bits per heavy atom. The van der Waals surface area contributed by atoms with Crippen molar-refractivity contribution in [3.05, 3.63) is 0 Å². The van der Waals surface area contributed by atoms with Crippen LogP contribution in [-0.2, 0) is 10.0 Å². The number of aliphatic hydroxyl groups excluding tert-OH is 1. The van der Waals surface area contributed by atoms with Gasteiger partial charge in [0.05, 0.1) is 12.4 Å². The monoisotopic (exact) mass is 219 g/mol. The molecule has 0 aromatic carbocycles. The Bertz CT molecular complexity index is 297. The molecule has 1 atom stereocenters. The van der Waals surface area contributed by atoms with Gasteiger partial charge in [-0.05, 0) is 31.6 Å². The van der Waals surface area contributed by atoms with Crippen LogP contribution in [-0.4, -0.2) is 42.8 Å². The summed E-state index contributed by atoms with van der Waals surface area (Å²) >= 11 is 0. The fourth-order valence-electron chi connectivity index (χ4n) is 2.04. The molecule has 0 bridgehead atoms. The summed E-state index contributed by atoms with van der Waals surface area (Å²) in [5, 5.41) is 9.04. The third kappa shape index (κ3) is 2.10. The molecule has 1 saturated heterocycles. The van der Waals surface area contributed by atoms with E-state index in [0.29, 0.717) is 18.2 Å². The van der Waals surface area contributed by atoms with Gasteiger partial charge in [0.25, 0.3) is 0 Å². The van der Waals surface area contributed by atoms with Crippen molar-refractivity contribution in [3.63, 3.8) is 0 Å². The van der Waals surface area contributed by atoms with E-state index in [9.17, 15) is 8.42 Å². The van der Waals surface area contributed by atoms with E-state index >= 15 is 0 Å². The van der Waals surface area contributed by atoms with Crippen LogP contribution in [0.15, 0.2) is 0 Å². The Hall–Kier alpha value is -0.130. The van der Waals surface area contributed by atoms with E-state index < -0.39 is 10.0 Å². The van der Waals surface area contributed by atoms with Crippen molar-refractivity contribution >= 4 is 10.0 Å². The second kappa shape index (κ2) is 3.79. The van der Waals surface area contributed by atoms with E-state index in [0.717, 1.165) is 25.7 Å². The normalized spacial score (nSPS) is 29.6. The summed E-state index contributed by atoms with van der Waals surface area (Å²) in [6.07, 6.45) is 3.79. The molecule has 0 amide bonds. The molecule has 14 heavy (non-hydrogen) atoms. The minimum atomic E-state index is -3.08. The highest BCUT2D eigenvalue weighted by Gasteiger charge is 2.37. The first-order chi connectivity index (χ1) is 6.63. The number of hydrogen-bond acceptors (Lipinski definition) is 3. The smallest absolute Gasteiger partial charge is 0.214 e. The van der Waals surface area contributed by atoms with E-state index in [2.05, 4.69) is 0 Å². The molecule has 2 aliphatic rings. The molecule has 0 aromatic rings. The molecular formula is C9H17NO3S. The van der Waals surface area contributed by atoms with Gasteiger partial charge in [-0.3, -0.25) is 0 Å². The lowest BCUT2D eigenvalue weighted by atomic mass is 10.2. The van der Waals surface area contributed by atoms with E-state index in [1.54, 1.807) is 0 Å². The third-order valence-corrected chi connectivity index (χ3v) is 5.12. The fourth-order valence-corrected chi connectivity index (χ4v) is 4.19. The first-order valence-corrected chi connectivity index (χ1v) is 6.85. The minimum Gasteiger partial charge on any atom is -0.395 e. The standard InChI is InChI=1S/C9H17NO3S/c11-6-9-2-1-5-10(9)14(12,13)7-8-3-4-8/h8-9,11H,1-7H2/t9-/m1/s1. The predicted octanol–water partition coefficient (Wildman–Crippen LogP) is 0.183. The minimum absolute atomic E-state index is 0.0378. The Morgan fingerprint density at radius 2 is 2.00 bits per heavy atom. The van der Waals surface area contributed by atoms with E-state index in [1.165, 1.54) is 4.31 Å². The fraction of sp³-hybridized carbons (Fsp3) is 1.00. The van der Waals surface area contributed by atoms with Crippen molar-refractivity contribution in [1.82, 2.24) is 4.31 Å². The lowest BCUT2D eigenvalue weighted by molar-refractivity contribution is 0.213. The first kappa shape index (κ1) is 10.4. The van der Waals surface area contributed by atoms with Crippen molar-refractivity contribution in [1.29, 1.82) is 0 Å². The zero-order valence-corrected chi connectivity index (χ0v) is 9.04. The summed E-state index contributed by atoms with van der Waals surface area (Å²) in [4.78, 5) is 0. The topological polar surface area (TPSA) is 57.6 Å². The highest BCUT2D eigenvalue weighted by Crippen LogP contribution is 2.32. The summed E-state index contributed by atoms with van der Waals surface area (Å²) < 4.78 is 25.2.